The van der Waals surface area contributed by atoms with Crippen LogP contribution in [-0.2, 0) is 25.6 Å². The number of hydrogen-bond donors (Lipinski definition) is 4. The molecule has 0 radical (unpaired) electrons. The lowest BCUT2D eigenvalue weighted by atomic mass is 10.0. The molecule has 3 atom stereocenters. The van der Waals surface area contributed by atoms with Crippen LogP contribution in [0.3, 0.4) is 0 Å². The minimum absolute atomic E-state index is 0.0615. The summed E-state index contributed by atoms with van der Waals surface area (Å²) in [6.45, 7) is 1.61. The standard InChI is InChI=1S/C29H31N3O8S/c1-2-38-25(34)15-31-29(37)32-21-11-9-20(10-12-21)28-39-22(17-41-26-23(27(35)36)4-3-13-30-26)14-24(40-28)19-7-5-18(16-33)6-8-19/h3-13,22,24,28,33H,2,14-17H2,1H3,(H,35,36)(H2,31,32,37). The number of anilines is 1. The van der Waals surface area contributed by atoms with Gasteiger partial charge in [-0.2, -0.15) is 0 Å². The molecule has 12 heteroatoms. The van der Waals surface area contributed by atoms with Gasteiger partial charge in [-0.25, -0.2) is 14.6 Å². The van der Waals surface area contributed by atoms with E-state index in [1.54, 1.807) is 43.5 Å². The van der Waals surface area contributed by atoms with E-state index in [-0.39, 0.29) is 37.5 Å². The van der Waals surface area contributed by atoms with Crippen LogP contribution in [0.4, 0.5) is 10.5 Å². The van der Waals surface area contributed by atoms with Crippen LogP contribution in [0, 0.1) is 0 Å². The number of aliphatic hydroxyl groups is 1. The second-order valence-electron chi connectivity index (χ2n) is 9.06. The number of nitrogens with one attached hydrogen (secondary N) is 2. The Hall–Kier alpha value is -3.97. The number of aromatic carboxylic acids is 1. The van der Waals surface area contributed by atoms with Gasteiger partial charge < -0.3 is 35.1 Å². The highest BCUT2D eigenvalue weighted by Gasteiger charge is 2.32. The number of carboxylic acid groups (broad SMARTS) is 1. The van der Waals surface area contributed by atoms with E-state index in [1.165, 1.54) is 17.8 Å². The maximum atomic E-state index is 12.1. The van der Waals surface area contributed by atoms with E-state index in [0.717, 1.165) is 16.7 Å². The summed E-state index contributed by atoms with van der Waals surface area (Å²) in [5.74, 6) is -1.13. The lowest BCUT2D eigenvalue weighted by molar-refractivity contribution is -0.245. The van der Waals surface area contributed by atoms with Crippen LogP contribution < -0.4 is 10.6 Å². The van der Waals surface area contributed by atoms with Gasteiger partial charge in [0.05, 0.1) is 31.0 Å². The van der Waals surface area contributed by atoms with Gasteiger partial charge >= 0.3 is 18.0 Å². The predicted molar refractivity (Wildman–Crippen MR) is 150 cm³/mol. The first-order valence-electron chi connectivity index (χ1n) is 13.0. The van der Waals surface area contributed by atoms with Crippen LogP contribution in [0.1, 0.15) is 52.8 Å². The maximum Gasteiger partial charge on any atom is 0.338 e. The van der Waals surface area contributed by atoms with Crippen molar-refractivity contribution in [2.45, 2.75) is 43.5 Å². The number of hydrogen-bond acceptors (Lipinski definition) is 9. The number of carbonyl (C=O) groups excluding carboxylic acids is 2. The zero-order valence-electron chi connectivity index (χ0n) is 22.3. The Balaban J connectivity index is 1.46. The molecule has 1 aliphatic rings. The number of aliphatic hydroxyl groups excluding tert-OH is 1. The summed E-state index contributed by atoms with van der Waals surface area (Å²) < 4.78 is 17.4. The monoisotopic (exact) mass is 581 g/mol. The van der Waals surface area contributed by atoms with Crippen LogP contribution >= 0.6 is 11.8 Å². The molecule has 2 heterocycles. The smallest absolute Gasteiger partial charge is 0.338 e. The average molecular weight is 582 g/mol. The molecular formula is C29H31N3O8S. The van der Waals surface area contributed by atoms with E-state index in [9.17, 15) is 24.6 Å². The summed E-state index contributed by atoms with van der Waals surface area (Å²) in [4.78, 5) is 39.4. The molecule has 3 unspecified atom stereocenters. The van der Waals surface area contributed by atoms with Crippen molar-refractivity contribution in [1.82, 2.24) is 10.3 Å². The van der Waals surface area contributed by atoms with Crippen molar-refractivity contribution < 1.29 is 38.8 Å². The van der Waals surface area contributed by atoms with Crippen molar-refractivity contribution >= 4 is 35.4 Å². The van der Waals surface area contributed by atoms with Gasteiger partial charge in [0.1, 0.15) is 11.6 Å². The molecule has 2 aromatic carbocycles. The minimum atomic E-state index is -1.04. The first kappa shape index (κ1) is 30.0. The molecule has 4 rings (SSSR count). The number of rotatable bonds is 11. The molecule has 0 aliphatic carbocycles. The zero-order valence-corrected chi connectivity index (χ0v) is 23.1. The molecule has 41 heavy (non-hydrogen) atoms. The van der Waals surface area contributed by atoms with E-state index in [2.05, 4.69) is 15.6 Å². The maximum absolute atomic E-state index is 12.1. The summed E-state index contributed by atoms with van der Waals surface area (Å²) >= 11 is 1.31. The minimum Gasteiger partial charge on any atom is -0.478 e. The van der Waals surface area contributed by atoms with Gasteiger partial charge in [0, 0.05) is 29.6 Å². The van der Waals surface area contributed by atoms with Crippen molar-refractivity contribution in [2.24, 2.45) is 0 Å². The topological polar surface area (TPSA) is 156 Å². The second kappa shape index (κ2) is 14.6. The third kappa shape index (κ3) is 8.51. The Labute approximate surface area is 241 Å². The summed E-state index contributed by atoms with van der Waals surface area (Å²) in [5.41, 5.74) is 3.07. The molecule has 1 aliphatic heterocycles. The van der Waals surface area contributed by atoms with Gasteiger partial charge in [-0.3, -0.25) is 4.79 Å². The number of urea groups is 1. The third-order valence-corrected chi connectivity index (χ3v) is 7.30. The van der Waals surface area contributed by atoms with Gasteiger partial charge in [0.15, 0.2) is 6.29 Å². The van der Waals surface area contributed by atoms with Crippen molar-refractivity contribution in [3.63, 3.8) is 0 Å². The first-order valence-corrected chi connectivity index (χ1v) is 14.0. The predicted octanol–water partition coefficient (Wildman–Crippen LogP) is 4.29. The zero-order chi connectivity index (χ0) is 29.2. The quantitative estimate of drug-likeness (QED) is 0.190. The van der Waals surface area contributed by atoms with Crippen LogP contribution in [0.25, 0.3) is 0 Å². The molecule has 11 nitrogen and oxygen atoms in total. The van der Waals surface area contributed by atoms with Crippen LogP contribution in [-0.4, -0.2) is 58.2 Å². The van der Waals surface area contributed by atoms with Gasteiger partial charge in [0.2, 0.25) is 0 Å². The lowest BCUT2D eigenvalue weighted by Gasteiger charge is -2.36. The third-order valence-electron chi connectivity index (χ3n) is 6.16. The second-order valence-corrected chi connectivity index (χ2v) is 10.1. The highest BCUT2D eigenvalue weighted by atomic mass is 32.2. The number of thioether (sulfide) groups is 1. The van der Waals surface area contributed by atoms with Gasteiger partial charge in [0.25, 0.3) is 0 Å². The van der Waals surface area contributed by atoms with Crippen LogP contribution in [0.15, 0.2) is 71.9 Å². The van der Waals surface area contributed by atoms with E-state index in [0.29, 0.717) is 22.9 Å². The van der Waals surface area contributed by atoms with E-state index >= 15 is 0 Å². The van der Waals surface area contributed by atoms with Crippen molar-refractivity contribution in [3.05, 3.63) is 89.1 Å². The van der Waals surface area contributed by atoms with Crippen molar-refractivity contribution in [1.29, 1.82) is 0 Å². The summed E-state index contributed by atoms with van der Waals surface area (Å²) in [6, 6.07) is 17.0. The number of carboxylic acids is 1. The number of benzene rings is 2. The van der Waals surface area contributed by atoms with Crippen molar-refractivity contribution in [2.75, 3.05) is 24.2 Å². The molecule has 4 N–H and O–H groups in total. The molecule has 2 amide bonds. The molecule has 0 saturated carbocycles. The Morgan fingerprint density at radius 3 is 2.46 bits per heavy atom. The molecule has 1 fully saturated rings. The Bertz CT molecular complexity index is 1340. The number of aromatic nitrogens is 1. The number of pyridine rings is 1. The average Bonchev–Trinajstić information content (AvgIpc) is 2.99. The van der Waals surface area contributed by atoms with E-state index in [1.807, 2.05) is 24.3 Å². The van der Waals surface area contributed by atoms with Gasteiger partial charge in [-0.1, -0.05) is 36.4 Å². The molecule has 3 aromatic rings. The van der Waals surface area contributed by atoms with Gasteiger partial charge in [-0.15, -0.1) is 11.8 Å². The molecule has 0 bridgehead atoms. The van der Waals surface area contributed by atoms with Crippen molar-refractivity contribution in [3.8, 4) is 0 Å². The Kier molecular flexibility index (Phi) is 10.7. The summed E-state index contributed by atoms with van der Waals surface area (Å²) in [6.07, 6.45) is 0.738. The fraction of sp³-hybridized carbons (Fsp3) is 0.310. The highest BCUT2D eigenvalue weighted by Crippen LogP contribution is 2.39. The Morgan fingerprint density at radius 2 is 1.78 bits per heavy atom. The summed E-state index contributed by atoms with van der Waals surface area (Å²) in [5, 5.41) is 24.4. The number of amides is 2. The number of carbonyl (C=O) groups is 3. The molecule has 216 valence electrons. The van der Waals surface area contributed by atoms with Gasteiger partial charge in [-0.05, 0) is 42.3 Å². The molecule has 0 spiro atoms. The molecular weight excluding hydrogens is 550 g/mol. The number of ether oxygens (including phenoxy) is 3. The number of esters is 1. The Morgan fingerprint density at radius 1 is 1.05 bits per heavy atom. The normalized spacial score (nSPS) is 18.3. The molecule has 1 saturated heterocycles. The summed E-state index contributed by atoms with van der Waals surface area (Å²) in [7, 11) is 0. The largest absolute Gasteiger partial charge is 0.478 e. The van der Waals surface area contributed by atoms with Crippen LogP contribution in [0.2, 0.25) is 0 Å². The highest BCUT2D eigenvalue weighted by molar-refractivity contribution is 7.99. The van der Waals surface area contributed by atoms with E-state index < -0.39 is 24.3 Å². The first-order chi connectivity index (χ1) is 19.9. The molecule has 1 aromatic heterocycles. The fourth-order valence-corrected chi connectivity index (χ4v) is 5.13. The van der Waals surface area contributed by atoms with Crippen LogP contribution in [0.5, 0.6) is 0 Å². The SMILES string of the molecule is CCOC(=O)CNC(=O)Nc1ccc(C2OC(CSc3ncccc3C(=O)O)CC(c3ccc(CO)cc3)O2)cc1. The number of nitrogens with zero attached hydrogens (tertiary/aromatic N) is 1. The lowest BCUT2D eigenvalue weighted by Crippen LogP contribution is -2.34. The van der Waals surface area contributed by atoms with E-state index in [4.69, 9.17) is 14.2 Å². The fourth-order valence-electron chi connectivity index (χ4n) is 4.13.